The van der Waals surface area contributed by atoms with Crippen molar-refractivity contribution in [2.24, 2.45) is 0 Å². The van der Waals surface area contributed by atoms with E-state index in [0.29, 0.717) is 6.10 Å². The van der Waals surface area contributed by atoms with E-state index in [9.17, 15) is 0 Å². The van der Waals surface area contributed by atoms with Gasteiger partial charge in [0.05, 0.1) is 6.10 Å². The number of ether oxygens (including phenoxy) is 1. The minimum Gasteiger partial charge on any atom is -0.378 e. The van der Waals surface area contributed by atoms with Crippen LogP contribution in [0, 0.1) is 0 Å². The van der Waals surface area contributed by atoms with Crippen molar-refractivity contribution in [2.75, 3.05) is 13.7 Å². The summed E-state index contributed by atoms with van der Waals surface area (Å²) in [5.41, 5.74) is 0. The molecule has 0 heterocycles. The van der Waals surface area contributed by atoms with E-state index in [1.807, 2.05) is 0 Å². The van der Waals surface area contributed by atoms with Gasteiger partial charge in [-0.1, -0.05) is 51.9 Å². The summed E-state index contributed by atoms with van der Waals surface area (Å²) in [6, 6.07) is 0.739. The average Bonchev–Trinajstić information content (AvgIpc) is 2.46. The van der Waals surface area contributed by atoms with Crippen LogP contribution in [0.2, 0.25) is 0 Å². The van der Waals surface area contributed by atoms with Crippen LogP contribution < -0.4 is 5.32 Å². The Hall–Kier alpha value is -0.0800. The highest BCUT2D eigenvalue weighted by atomic mass is 16.5. The Morgan fingerprint density at radius 1 is 0.842 bits per heavy atom. The molecule has 0 aromatic carbocycles. The maximum absolute atomic E-state index is 5.99. The average molecular weight is 269 g/mol. The minimum atomic E-state index is 0.550. The Kier molecular flexibility index (Phi) is 10.5. The topological polar surface area (TPSA) is 21.3 Å². The lowest BCUT2D eigenvalue weighted by Gasteiger charge is -2.28. The first kappa shape index (κ1) is 17.0. The van der Waals surface area contributed by atoms with Gasteiger partial charge in [-0.15, -0.1) is 0 Å². The first-order valence-corrected chi connectivity index (χ1v) is 8.65. The van der Waals surface area contributed by atoms with E-state index in [-0.39, 0.29) is 0 Å². The second-order valence-corrected chi connectivity index (χ2v) is 6.11. The van der Waals surface area contributed by atoms with Crippen LogP contribution >= 0.6 is 0 Å². The van der Waals surface area contributed by atoms with Crippen molar-refractivity contribution in [3.8, 4) is 0 Å². The Morgan fingerprint density at radius 2 is 1.42 bits per heavy atom. The number of nitrogens with one attached hydrogen (secondary N) is 1. The molecule has 19 heavy (non-hydrogen) atoms. The van der Waals surface area contributed by atoms with Gasteiger partial charge in [-0.25, -0.2) is 0 Å². The van der Waals surface area contributed by atoms with Crippen LogP contribution in [0.1, 0.15) is 84.0 Å². The summed E-state index contributed by atoms with van der Waals surface area (Å²) in [5.74, 6) is 0. The van der Waals surface area contributed by atoms with Gasteiger partial charge < -0.3 is 10.1 Å². The molecular weight excluding hydrogens is 234 g/mol. The zero-order valence-electron chi connectivity index (χ0n) is 13.3. The van der Waals surface area contributed by atoms with Gasteiger partial charge in [-0.2, -0.15) is 0 Å². The molecule has 1 fully saturated rings. The molecule has 0 spiro atoms. The van der Waals surface area contributed by atoms with Crippen LogP contribution in [-0.4, -0.2) is 25.8 Å². The first-order valence-electron chi connectivity index (χ1n) is 8.65. The molecule has 1 aliphatic rings. The van der Waals surface area contributed by atoms with E-state index in [2.05, 4.69) is 19.3 Å². The Morgan fingerprint density at radius 3 is 2.00 bits per heavy atom. The molecule has 0 atom stereocenters. The van der Waals surface area contributed by atoms with E-state index in [4.69, 9.17) is 4.74 Å². The lowest BCUT2D eigenvalue weighted by atomic mass is 9.93. The zero-order valence-corrected chi connectivity index (χ0v) is 13.3. The molecule has 1 saturated carbocycles. The largest absolute Gasteiger partial charge is 0.378 e. The standard InChI is InChI=1S/C17H35NO/c1-3-4-5-6-7-8-9-10-15-19-17-13-11-16(18-2)12-14-17/h16-18H,3-15H2,1-2H3. The van der Waals surface area contributed by atoms with Gasteiger partial charge >= 0.3 is 0 Å². The van der Waals surface area contributed by atoms with Crippen LogP contribution in [0.3, 0.4) is 0 Å². The van der Waals surface area contributed by atoms with E-state index in [0.717, 1.165) is 12.6 Å². The van der Waals surface area contributed by atoms with Crippen LogP contribution in [0.15, 0.2) is 0 Å². The third kappa shape index (κ3) is 8.65. The fourth-order valence-corrected chi connectivity index (χ4v) is 3.00. The van der Waals surface area contributed by atoms with Crippen molar-refractivity contribution in [1.82, 2.24) is 5.32 Å². The third-order valence-electron chi connectivity index (χ3n) is 4.43. The molecule has 0 radical (unpaired) electrons. The van der Waals surface area contributed by atoms with Gasteiger partial charge in [-0.05, 0) is 39.2 Å². The number of rotatable bonds is 11. The summed E-state index contributed by atoms with van der Waals surface area (Å²) >= 11 is 0. The van der Waals surface area contributed by atoms with Crippen molar-refractivity contribution >= 4 is 0 Å². The fraction of sp³-hybridized carbons (Fsp3) is 1.00. The lowest BCUT2D eigenvalue weighted by molar-refractivity contribution is 0.0210. The third-order valence-corrected chi connectivity index (χ3v) is 4.43. The molecule has 0 saturated heterocycles. The highest BCUT2D eigenvalue weighted by Gasteiger charge is 2.19. The predicted octanol–water partition coefficient (Wildman–Crippen LogP) is 4.67. The van der Waals surface area contributed by atoms with E-state index in [1.54, 1.807) is 0 Å². The number of hydrogen-bond donors (Lipinski definition) is 1. The molecule has 114 valence electrons. The summed E-state index contributed by atoms with van der Waals surface area (Å²) in [4.78, 5) is 0. The molecule has 1 rings (SSSR count). The number of unbranched alkanes of at least 4 members (excludes halogenated alkanes) is 7. The molecule has 1 aliphatic carbocycles. The molecule has 0 bridgehead atoms. The highest BCUT2D eigenvalue weighted by Crippen LogP contribution is 2.21. The van der Waals surface area contributed by atoms with Gasteiger partial charge in [0, 0.05) is 12.6 Å². The van der Waals surface area contributed by atoms with Crippen molar-refractivity contribution in [3.05, 3.63) is 0 Å². The molecule has 0 aliphatic heterocycles. The van der Waals surface area contributed by atoms with Gasteiger partial charge in [0.25, 0.3) is 0 Å². The Labute approximate surface area is 120 Å². The van der Waals surface area contributed by atoms with Gasteiger partial charge in [0.2, 0.25) is 0 Å². The maximum atomic E-state index is 5.99. The van der Waals surface area contributed by atoms with Crippen molar-refractivity contribution in [3.63, 3.8) is 0 Å². The van der Waals surface area contributed by atoms with Gasteiger partial charge in [-0.3, -0.25) is 0 Å². The molecule has 0 unspecified atom stereocenters. The molecule has 1 N–H and O–H groups in total. The second kappa shape index (κ2) is 11.7. The lowest BCUT2D eigenvalue weighted by Crippen LogP contribution is -2.33. The van der Waals surface area contributed by atoms with Crippen LogP contribution in [0.4, 0.5) is 0 Å². The molecular formula is C17H35NO. The Bertz CT molecular complexity index is 188. The van der Waals surface area contributed by atoms with Crippen molar-refractivity contribution < 1.29 is 4.74 Å². The molecule has 2 heteroatoms. The summed E-state index contributed by atoms with van der Waals surface area (Å²) in [6.07, 6.45) is 16.7. The zero-order chi connectivity index (χ0) is 13.8. The minimum absolute atomic E-state index is 0.550. The van der Waals surface area contributed by atoms with Crippen LogP contribution in [0.5, 0.6) is 0 Å². The van der Waals surface area contributed by atoms with E-state index < -0.39 is 0 Å². The summed E-state index contributed by atoms with van der Waals surface area (Å²) in [7, 11) is 2.08. The van der Waals surface area contributed by atoms with E-state index >= 15 is 0 Å². The van der Waals surface area contributed by atoms with Gasteiger partial charge in [0.15, 0.2) is 0 Å². The fourth-order valence-electron chi connectivity index (χ4n) is 3.00. The summed E-state index contributed by atoms with van der Waals surface area (Å²) in [6.45, 7) is 3.27. The van der Waals surface area contributed by atoms with Crippen LogP contribution in [-0.2, 0) is 4.74 Å². The quantitative estimate of drug-likeness (QED) is 0.550. The first-order chi connectivity index (χ1) is 9.36. The van der Waals surface area contributed by atoms with E-state index in [1.165, 1.54) is 77.0 Å². The summed E-state index contributed by atoms with van der Waals surface area (Å²) in [5, 5.41) is 3.37. The maximum Gasteiger partial charge on any atom is 0.0576 e. The smallest absolute Gasteiger partial charge is 0.0576 e. The molecule has 0 aromatic rings. The molecule has 0 aromatic heterocycles. The van der Waals surface area contributed by atoms with Gasteiger partial charge in [0.1, 0.15) is 0 Å². The molecule has 0 amide bonds. The summed E-state index contributed by atoms with van der Waals surface area (Å²) < 4.78 is 5.99. The highest BCUT2D eigenvalue weighted by molar-refractivity contribution is 4.76. The monoisotopic (exact) mass is 269 g/mol. The predicted molar refractivity (Wildman–Crippen MR) is 83.7 cm³/mol. The van der Waals surface area contributed by atoms with Crippen molar-refractivity contribution in [1.29, 1.82) is 0 Å². The van der Waals surface area contributed by atoms with Crippen LogP contribution in [0.25, 0.3) is 0 Å². The molecule has 2 nitrogen and oxygen atoms in total. The Balaban J connectivity index is 1.81. The SMILES string of the molecule is CCCCCCCCCCOC1CCC(NC)CC1. The number of hydrogen-bond acceptors (Lipinski definition) is 2. The normalized spacial score (nSPS) is 23.7. The second-order valence-electron chi connectivity index (χ2n) is 6.11. The van der Waals surface area contributed by atoms with Crippen molar-refractivity contribution in [2.45, 2.75) is 96.1 Å².